The molecular weight excluding hydrogens is 1260 g/mol. The van der Waals surface area contributed by atoms with Crippen molar-refractivity contribution in [1.82, 2.24) is 45.3 Å². The lowest BCUT2D eigenvalue weighted by Crippen LogP contribution is -2.52. The van der Waals surface area contributed by atoms with Crippen LogP contribution in [0.5, 0.6) is 0 Å². The molecule has 6 fully saturated rings. The highest BCUT2D eigenvalue weighted by Gasteiger charge is 2.43. The Hall–Kier alpha value is -9.69. The number of fused-ring (bicyclic) bond motifs is 3. The number of nitrogens with one attached hydrogen (secondary N) is 6. The number of carbonyl (C=O) groups is 9. The van der Waals surface area contributed by atoms with Gasteiger partial charge >= 0.3 is 0 Å². The van der Waals surface area contributed by atoms with Crippen LogP contribution in [-0.4, -0.2) is 180 Å². The zero-order chi connectivity index (χ0) is 87.3. The Kier molecular flexibility index (Phi) is 14.8. The fourth-order valence-electron chi connectivity index (χ4n) is 12.1. The van der Waals surface area contributed by atoms with Crippen molar-refractivity contribution in [1.29, 1.82) is 0 Å². The summed E-state index contributed by atoms with van der Waals surface area (Å²) in [6.45, 7) is 3.39. The van der Waals surface area contributed by atoms with E-state index in [2.05, 4.69) is 30.7 Å². The minimum Gasteiger partial charge on any atom is -0.381 e. The number of imide groups is 3. The van der Waals surface area contributed by atoms with Crippen LogP contribution in [0.3, 0.4) is 0 Å². The van der Waals surface area contributed by atoms with E-state index in [4.69, 9.17) is 43.0 Å². The zero-order valence-electron chi connectivity index (χ0n) is 74.4. The maximum atomic E-state index is 13.3. The topological polar surface area (TPSA) is 273 Å². The minimum atomic E-state index is -3.39. The van der Waals surface area contributed by atoms with Crippen molar-refractivity contribution in [2.45, 2.75) is 115 Å². The summed E-state index contributed by atoms with van der Waals surface area (Å²) in [4.78, 5) is 123. The molecule has 9 amide bonds. The van der Waals surface area contributed by atoms with Crippen LogP contribution in [0.25, 0.3) is 0 Å². The largest absolute Gasteiger partial charge is 0.381 e. The maximum absolute atomic E-state index is 13.3. The first kappa shape index (κ1) is 46.6. The number of hydrogen-bond donors (Lipinski definition) is 6. The first-order valence-electron chi connectivity index (χ1n) is 42.5. The van der Waals surface area contributed by atoms with Crippen molar-refractivity contribution in [3.05, 3.63) is 194 Å². The van der Waals surface area contributed by atoms with Crippen LogP contribution < -0.4 is 31.9 Å². The van der Waals surface area contributed by atoms with Crippen molar-refractivity contribution in [2.24, 2.45) is 0 Å². The summed E-state index contributed by atoms with van der Waals surface area (Å²) in [6, 6.07) is 25.0. The van der Waals surface area contributed by atoms with E-state index in [-0.39, 0.29) is 50.4 Å². The summed E-state index contributed by atoms with van der Waals surface area (Å²) in [5.41, 5.74) is 5.26. The molecule has 15 rings (SSSR count). The first-order chi connectivity index (χ1) is 56.1. The number of benzene rings is 6. The predicted molar refractivity (Wildman–Crippen MR) is 367 cm³/mol. The van der Waals surface area contributed by atoms with Crippen LogP contribution in [0.1, 0.15) is 148 Å². The molecule has 9 heterocycles. The smallest absolute Gasteiger partial charge is 0.255 e. The van der Waals surface area contributed by atoms with E-state index in [9.17, 15) is 43.2 Å². The van der Waals surface area contributed by atoms with Crippen molar-refractivity contribution < 1.29 is 86.1 Å². The van der Waals surface area contributed by atoms with Crippen LogP contribution in [0.2, 0.25) is 0 Å². The lowest BCUT2D eigenvalue weighted by molar-refractivity contribution is -0.138. The lowest BCUT2D eigenvalue weighted by atomic mass is 10.0. The molecule has 9 aliphatic rings. The Labute approximate surface area is 604 Å². The summed E-state index contributed by atoms with van der Waals surface area (Å²) in [5.74, 6) is -11.7. The SMILES string of the molecule is [2H]C([2H])(Nc1cccc2c1CN(C1([2H])C(=O)NC(=O)C([2H])([2H])C1([2H])[2H])C2=O)c1ccc(CN2CCOCC2)cc1.[2H]C([2H])(Nc1cccc2c1CN([C@@]1([2H])C(=O)NC(=O)C([2H])([2H])C1([2H])[2H])C2=O)c1ccc(CN2CCOCC2)cc1.[2H]C([2H])(Nc1cccc2c1CN([C@]1([2H])C(=O)NC(=O)C([2H])([2H])C1([2H])[2H])C2=O)c1ccc(CN2CCOCC2)cc1. The molecule has 0 spiro atoms. The molecule has 99 heavy (non-hydrogen) atoms. The van der Waals surface area contributed by atoms with Crippen molar-refractivity contribution in [3.63, 3.8) is 0 Å². The second kappa shape index (κ2) is 31.4. The molecule has 24 nitrogen and oxygen atoms in total. The van der Waals surface area contributed by atoms with Gasteiger partial charge in [0.2, 0.25) is 35.4 Å². The van der Waals surface area contributed by atoms with E-state index in [0.717, 1.165) is 56.0 Å². The van der Waals surface area contributed by atoms with E-state index in [1.165, 1.54) is 54.6 Å². The van der Waals surface area contributed by atoms with Crippen LogP contribution in [0, 0.1) is 0 Å². The average molecular weight is 1370 g/mol. The maximum Gasteiger partial charge on any atom is 0.255 e. The molecule has 6 N–H and O–H groups in total. The van der Waals surface area contributed by atoms with Gasteiger partial charge in [0, 0.05) is 184 Å². The molecule has 0 aliphatic carbocycles. The molecule has 0 radical (unpaired) electrons. The van der Waals surface area contributed by atoms with Gasteiger partial charge in [-0.1, -0.05) is 91.0 Å². The summed E-state index contributed by atoms with van der Waals surface area (Å²) < 4.78 is 191. The van der Waals surface area contributed by atoms with Gasteiger partial charge in [-0.3, -0.25) is 73.8 Å². The van der Waals surface area contributed by atoms with E-state index in [1.54, 1.807) is 52.3 Å². The Morgan fingerprint density at radius 2 is 0.626 bits per heavy atom. The fourth-order valence-corrected chi connectivity index (χ4v) is 12.1. The van der Waals surface area contributed by atoms with Crippen LogP contribution in [0.15, 0.2) is 127 Å². The summed E-state index contributed by atoms with van der Waals surface area (Å²) in [7, 11) is 0. The first-order valence-corrected chi connectivity index (χ1v) is 32.0. The molecule has 1 unspecified atom stereocenters. The molecule has 0 aromatic heterocycles. The van der Waals surface area contributed by atoms with Gasteiger partial charge in [0.1, 0.15) is 18.1 Å². The predicted octanol–water partition coefficient (Wildman–Crippen LogP) is 5.68. The number of ether oxygens (including phenoxy) is 3. The number of anilines is 3. The van der Waals surface area contributed by atoms with Crippen molar-refractivity contribution in [3.8, 4) is 0 Å². The third-order valence-electron chi connectivity index (χ3n) is 17.3. The van der Waals surface area contributed by atoms with Gasteiger partial charge < -0.3 is 44.9 Å². The molecule has 6 aromatic carbocycles. The standard InChI is InChI=1S/3C25H28N4O4/c3*30-23-9-8-22(24(31)27-23)29-16-20-19(25(29)32)2-1-3-21(20)26-14-17-4-6-18(7-5-17)15-28-10-12-33-13-11-28/h3*1-7,22,26H,8-16H2,(H,27,30,31)/t2*22-;/m10./s1/i3*8D2,9D2,14D2,22D. The van der Waals surface area contributed by atoms with Gasteiger partial charge in [-0.25, -0.2) is 0 Å². The highest BCUT2D eigenvalue weighted by molar-refractivity contribution is 6.08. The van der Waals surface area contributed by atoms with Crippen molar-refractivity contribution in [2.75, 3.05) is 94.9 Å². The molecule has 24 heteroatoms. The molecule has 0 bridgehead atoms. The van der Waals surface area contributed by atoms with E-state index >= 15 is 0 Å². The molecule has 0 saturated carbocycles. The lowest BCUT2D eigenvalue weighted by Gasteiger charge is -2.29. The van der Waals surface area contributed by atoms with Gasteiger partial charge in [-0.2, -0.15) is 0 Å². The number of piperidine rings is 3. The summed E-state index contributed by atoms with van der Waals surface area (Å²) in [5, 5.41) is 13.4. The van der Waals surface area contributed by atoms with Gasteiger partial charge in [-0.05, 0) is 88.9 Å². The number of rotatable bonds is 18. The molecule has 6 saturated heterocycles. The quantitative estimate of drug-likeness (QED) is 0.0565. The molecule has 6 aromatic rings. The number of amides is 9. The second-order valence-corrected chi connectivity index (χ2v) is 23.8. The second-order valence-electron chi connectivity index (χ2n) is 23.8. The number of morpholine rings is 3. The normalized spacial score (nSPS) is 30.0. The van der Waals surface area contributed by atoms with E-state index in [1.807, 2.05) is 36.4 Å². The third kappa shape index (κ3) is 16.4. The Bertz CT molecular complexity index is 4590. The average Bonchev–Trinajstić information content (AvgIpc) is 1.36. The highest BCUT2D eigenvalue weighted by atomic mass is 16.5. The van der Waals surface area contributed by atoms with Gasteiger partial charge in [0.25, 0.3) is 17.7 Å². The van der Waals surface area contributed by atoms with E-state index in [0.29, 0.717) is 90.7 Å². The van der Waals surface area contributed by atoms with Crippen LogP contribution in [-0.2, 0) is 102 Å². The summed E-state index contributed by atoms with van der Waals surface area (Å²) >= 11 is 0. The number of carbonyl (C=O) groups excluding carboxylic acids is 9. The van der Waals surface area contributed by atoms with Gasteiger partial charge in [0.15, 0.2) is 0 Å². The van der Waals surface area contributed by atoms with Crippen LogP contribution >= 0.6 is 0 Å². The fraction of sp³-hybridized carbons (Fsp3) is 0.400. The third-order valence-corrected chi connectivity index (χ3v) is 17.3. The molecule has 9 aliphatic heterocycles. The monoisotopic (exact) mass is 1370 g/mol. The Morgan fingerprint density at radius 3 is 0.889 bits per heavy atom. The number of hydrogen-bond acceptors (Lipinski definition) is 18. The van der Waals surface area contributed by atoms with Gasteiger partial charge in [0.05, 0.1) is 52.0 Å². The Balaban J connectivity index is 0.000000156. The molecule has 3 atom stereocenters. The Morgan fingerprint density at radius 1 is 0.374 bits per heavy atom. The van der Waals surface area contributed by atoms with Crippen LogP contribution in [0.4, 0.5) is 17.1 Å². The highest BCUT2D eigenvalue weighted by Crippen LogP contribution is 2.36. The molecule has 516 valence electrons. The number of nitrogens with zero attached hydrogens (tertiary/aromatic N) is 6. The zero-order valence-corrected chi connectivity index (χ0v) is 53.4. The van der Waals surface area contributed by atoms with Gasteiger partial charge in [-0.15, -0.1) is 0 Å². The molecular formula is C75H84N12O12. The van der Waals surface area contributed by atoms with Crippen molar-refractivity contribution >= 4 is 70.2 Å². The summed E-state index contributed by atoms with van der Waals surface area (Å²) in [6.07, 6.45) is -20.0. The van der Waals surface area contributed by atoms with E-state index < -0.39 is 149 Å². The minimum absolute atomic E-state index is 0.00865.